The molecule has 4 heteroatoms. The lowest BCUT2D eigenvalue weighted by Crippen LogP contribution is -2.20. The maximum Gasteiger partial charge on any atom is 0.295 e. The molecule has 1 aromatic carbocycles. The minimum absolute atomic E-state index is 0.201. The maximum atomic E-state index is 11.9. The molecule has 0 radical (unpaired) electrons. The van der Waals surface area contributed by atoms with Gasteiger partial charge in [-0.2, -0.15) is 4.99 Å². The van der Waals surface area contributed by atoms with Crippen LogP contribution in [0.3, 0.4) is 0 Å². The molecule has 100 valence electrons. The number of nitrogens with zero attached hydrogens (tertiary/aromatic N) is 3. The van der Waals surface area contributed by atoms with Crippen LogP contribution in [0, 0.1) is 0 Å². The van der Waals surface area contributed by atoms with E-state index in [1.807, 2.05) is 78.7 Å². The quantitative estimate of drug-likeness (QED) is 0.770. The zero-order chi connectivity index (χ0) is 14.1. The molecule has 0 saturated carbocycles. The summed E-state index contributed by atoms with van der Waals surface area (Å²) in [5.74, 6) is 0.474. The zero-order valence-corrected chi connectivity index (χ0v) is 11.4. The summed E-state index contributed by atoms with van der Waals surface area (Å²) < 4.78 is 0. The van der Waals surface area contributed by atoms with E-state index in [0.717, 1.165) is 11.3 Å². The number of benzene rings is 1. The van der Waals surface area contributed by atoms with Crippen LogP contribution < -0.4 is 4.90 Å². The van der Waals surface area contributed by atoms with Gasteiger partial charge in [0.05, 0.1) is 0 Å². The summed E-state index contributed by atoms with van der Waals surface area (Å²) in [7, 11) is 4.00. The van der Waals surface area contributed by atoms with Crippen molar-refractivity contribution in [2.45, 2.75) is 0 Å². The summed E-state index contributed by atoms with van der Waals surface area (Å²) in [6.07, 6.45) is 9.30. The van der Waals surface area contributed by atoms with Crippen molar-refractivity contribution in [3.63, 3.8) is 0 Å². The summed E-state index contributed by atoms with van der Waals surface area (Å²) in [6, 6.07) is 8.05. The first-order chi connectivity index (χ1) is 9.65. The number of aliphatic imine (C=N–C) groups is 1. The van der Waals surface area contributed by atoms with Gasteiger partial charge in [0.2, 0.25) is 0 Å². The Kier molecular flexibility index (Phi) is 2.99. The normalized spacial score (nSPS) is 18.5. The predicted molar refractivity (Wildman–Crippen MR) is 81.3 cm³/mol. The Morgan fingerprint density at radius 3 is 2.60 bits per heavy atom. The number of anilines is 1. The van der Waals surface area contributed by atoms with Gasteiger partial charge in [-0.25, -0.2) is 0 Å². The number of amides is 1. The van der Waals surface area contributed by atoms with Crippen molar-refractivity contribution in [2.24, 2.45) is 4.99 Å². The van der Waals surface area contributed by atoms with Gasteiger partial charge < -0.3 is 4.90 Å². The van der Waals surface area contributed by atoms with E-state index < -0.39 is 0 Å². The van der Waals surface area contributed by atoms with E-state index in [0.29, 0.717) is 11.5 Å². The first-order valence-electron chi connectivity index (χ1n) is 6.41. The molecular weight excluding hydrogens is 250 g/mol. The van der Waals surface area contributed by atoms with Crippen LogP contribution in [-0.2, 0) is 4.79 Å². The van der Waals surface area contributed by atoms with E-state index in [4.69, 9.17) is 0 Å². The van der Waals surface area contributed by atoms with Crippen LogP contribution in [0.2, 0.25) is 0 Å². The summed E-state index contributed by atoms with van der Waals surface area (Å²) in [5.41, 5.74) is 2.69. The van der Waals surface area contributed by atoms with E-state index in [9.17, 15) is 4.79 Å². The van der Waals surface area contributed by atoms with Crippen LogP contribution in [0.25, 0.3) is 6.08 Å². The van der Waals surface area contributed by atoms with Gasteiger partial charge in [-0.15, -0.1) is 0 Å². The Balaban J connectivity index is 1.91. The Morgan fingerprint density at radius 1 is 1.15 bits per heavy atom. The number of allylic oxidation sites excluding steroid dienone is 2. The smallest absolute Gasteiger partial charge is 0.295 e. The van der Waals surface area contributed by atoms with Crippen molar-refractivity contribution in [1.29, 1.82) is 0 Å². The first-order valence-corrected chi connectivity index (χ1v) is 6.41. The number of rotatable bonds is 2. The molecule has 2 aliphatic heterocycles. The van der Waals surface area contributed by atoms with E-state index in [2.05, 4.69) is 4.99 Å². The molecule has 0 aliphatic carbocycles. The van der Waals surface area contributed by atoms with Crippen molar-refractivity contribution in [2.75, 3.05) is 19.0 Å². The molecule has 3 rings (SSSR count). The van der Waals surface area contributed by atoms with Crippen LogP contribution in [0.5, 0.6) is 0 Å². The largest absolute Gasteiger partial charge is 0.378 e. The molecule has 2 aliphatic rings. The predicted octanol–water partition coefficient (Wildman–Crippen LogP) is 2.42. The fourth-order valence-electron chi connectivity index (χ4n) is 2.15. The number of fused-ring (bicyclic) bond motifs is 1. The zero-order valence-electron chi connectivity index (χ0n) is 11.4. The summed E-state index contributed by atoms with van der Waals surface area (Å²) in [6.45, 7) is 0. The molecule has 0 unspecified atom stereocenters. The standard InChI is InChI=1S/C16H15N3O/c1-18(2)13-8-6-12(7-9-13)11-14-16(20)17-15-5-3-4-10-19(14)15/h3-11H,1-2H3/b14-11-. The molecule has 0 fully saturated rings. The Bertz CT molecular complexity index is 663. The highest BCUT2D eigenvalue weighted by atomic mass is 16.2. The molecule has 0 spiro atoms. The van der Waals surface area contributed by atoms with Gasteiger partial charge in [0.15, 0.2) is 0 Å². The topological polar surface area (TPSA) is 35.9 Å². The number of hydrogen-bond donors (Lipinski definition) is 0. The third-order valence-electron chi connectivity index (χ3n) is 3.25. The van der Waals surface area contributed by atoms with Crippen molar-refractivity contribution in [3.05, 3.63) is 60.0 Å². The van der Waals surface area contributed by atoms with Gasteiger partial charge >= 0.3 is 0 Å². The van der Waals surface area contributed by atoms with Crippen LogP contribution in [0.1, 0.15) is 5.56 Å². The van der Waals surface area contributed by atoms with Crippen LogP contribution >= 0.6 is 0 Å². The number of carbonyl (C=O) groups excluding carboxylic acids is 1. The molecular formula is C16H15N3O. The second-order valence-corrected chi connectivity index (χ2v) is 4.86. The minimum atomic E-state index is -0.201. The summed E-state index contributed by atoms with van der Waals surface area (Å²) in [5, 5.41) is 0. The Hall–Kier alpha value is -2.62. The van der Waals surface area contributed by atoms with Gasteiger partial charge in [0, 0.05) is 26.0 Å². The SMILES string of the molecule is CN(C)c1ccc(/C=C2/C(=O)N=C3C=CC=CN32)cc1. The van der Waals surface area contributed by atoms with E-state index in [-0.39, 0.29) is 5.91 Å². The fourth-order valence-corrected chi connectivity index (χ4v) is 2.15. The molecule has 1 amide bonds. The van der Waals surface area contributed by atoms with E-state index >= 15 is 0 Å². The molecule has 2 heterocycles. The van der Waals surface area contributed by atoms with Crippen molar-refractivity contribution in [1.82, 2.24) is 4.90 Å². The van der Waals surface area contributed by atoms with Crippen molar-refractivity contribution < 1.29 is 4.79 Å². The Morgan fingerprint density at radius 2 is 1.90 bits per heavy atom. The first kappa shape index (κ1) is 12.4. The molecule has 4 nitrogen and oxygen atoms in total. The molecule has 0 bridgehead atoms. The van der Waals surface area contributed by atoms with Crippen LogP contribution in [0.4, 0.5) is 5.69 Å². The van der Waals surface area contributed by atoms with Gasteiger partial charge in [-0.05, 0) is 35.9 Å². The molecule has 0 N–H and O–H groups in total. The number of carbonyl (C=O) groups is 1. The molecule has 0 aromatic heterocycles. The highest BCUT2D eigenvalue weighted by Crippen LogP contribution is 2.23. The highest BCUT2D eigenvalue weighted by molar-refractivity contribution is 6.17. The molecule has 0 atom stereocenters. The van der Waals surface area contributed by atoms with Gasteiger partial charge in [-0.3, -0.25) is 9.69 Å². The minimum Gasteiger partial charge on any atom is -0.378 e. The maximum absolute atomic E-state index is 11.9. The second-order valence-electron chi connectivity index (χ2n) is 4.86. The molecule has 1 aromatic rings. The lowest BCUT2D eigenvalue weighted by atomic mass is 10.1. The van der Waals surface area contributed by atoms with Gasteiger partial charge in [0.1, 0.15) is 11.5 Å². The monoisotopic (exact) mass is 265 g/mol. The molecule has 0 saturated heterocycles. The van der Waals surface area contributed by atoms with Crippen molar-refractivity contribution in [3.8, 4) is 0 Å². The summed E-state index contributed by atoms with van der Waals surface area (Å²) in [4.78, 5) is 19.8. The third-order valence-corrected chi connectivity index (χ3v) is 3.25. The second kappa shape index (κ2) is 4.81. The van der Waals surface area contributed by atoms with Gasteiger partial charge in [0.25, 0.3) is 5.91 Å². The van der Waals surface area contributed by atoms with E-state index in [1.165, 1.54) is 0 Å². The highest BCUT2D eigenvalue weighted by Gasteiger charge is 2.27. The van der Waals surface area contributed by atoms with Gasteiger partial charge in [-0.1, -0.05) is 18.2 Å². The lowest BCUT2D eigenvalue weighted by Gasteiger charge is -2.16. The fraction of sp³-hybridized carbons (Fsp3) is 0.125. The summed E-state index contributed by atoms with van der Waals surface area (Å²) >= 11 is 0. The van der Waals surface area contributed by atoms with E-state index in [1.54, 1.807) is 0 Å². The number of amidine groups is 1. The average Bonchev–Trinajstić information content (AvgIpc) is 2.76. The average molecular weight is 265 g/mol. The van der Waals surface area contributed by atoms with Crippen LogP contribution in [-0.4, -0.2) is 30.7 Å². The number of hydrogen-bond acceptors (Lipinski definition) is 3. The molecule has 20 heavy (non-hydrogen) atoms. The Labute approximate surface area is 118 Å². The van der Waals surface area contributed by atoms with Crippen molar-refractivity contribution >= 4 is 23.5 Å². The third kappa shape index (κ3) is 2.16. The lowest BCUT2D eigenvalue weighted by molar-refractivity contribution is -0.114. The van der Waals surface area contributed by atoms with Crippen LogP contribution in [0.15, 0.2) is 59.4 Å².